The first-order chi connectivity index (χ1) is 23.4. The fourth-order valence-electron chi connectivity index (χ4n) is 8.06. The molecule has 0 aromatic carbocycles. The van der Waals surface area contributed by atoms with E-state index < -0.39 is 53.1 Å². The summed E-state index contributed by atoms with van der Waals surface area (Å²) in [5.41, 5.74) is -0.362. The molecule has 1 saturated heterocycles. The van der Waals surface area contributed by atoms with Crippen molar-refractivity contribution >= 4 is 35.3 Å². The fraction of sp³-hybridized carbons (Fsp3) is 0.730. The van der Waals surface area contributed by atoms with Gasteiger partial charge in [-0.15, -0.1) is 0 Å². The molecule has 12 heteroatoms. The number of carbonyl (C=O) groups is 6. The molecule has 270 valence electrons. The molecule has 5 amide bonds. The van der Waals surface area contributed by atoms with Crippen LogP contribution < -0.4 is 21.3 Å². The van der Waals surface area contributed by atoms with E-state index in [-0.39, 0.29) is 35.7 Å². The van der Waals surface area contributed by atoms with E-state index in [1.165, 1.54) is 0 Å². The van der Waals surface area contributed by atoms with Crippen LogP contribution in [-0.2, 0) is 24.0 Å². The minimum Gasteiger partial charge on any atom is -0.357 e. The molecule has 1 aliphatic heterocycles. The van der Waals surface area contributed by atoms with E-state index in [1.54, 1.807) is 23.2 Å². The largest absolute Gasteiger partial charge is 0.357 e. The van der Waals surface area contributed by atoms with Crippen LogP contribution in [0.3, 0.4) is 0 Å². The zero-order valence-electron chi connectivity index (χ0n) is 29.6. The molecule has 0 radical (unpaired) electrons. The third-order valence-electron chi connectivity index (χ3n) is 10.9. The number of aromatic nitrogens is 1. The summed E-state index contributed by atoms with van der Waals surface area (Å²) < 4.78 is 0. The maximum absolute atomic E-state index is 14.8. The summed E-state index contributed by atoms with van der Waals surface area (Å²) in [5, 5.41) is 11.6. The fourth-order valence-corrected chi connectivity index (χ4v) is 8.06. The number of amides is 5. The van der Waals surface area contributed by atoms with Crippen LogP contribution in [0, 0.1) is 17.3 Å². The second kappa shape index (κ2) is 15.9. The number of ketones is 1. The Morgan fingerprint density at radius 3 is 2.22 bits per heavy atom. The standard InChI is InChI=1S/C37H56N6O6/c1-5-12-25(30(44)35(48)39-24-18-19-24)40-33(46)28-21-23-15-9-10-17-27(23)43(28)36(49)31(37(2,3)4)42-34(47)29(22-13-7-6-8-14-22)41-32(45)26-16-11-20-38-26/h11,16,20,22-25,27-29,31,38H,5-10,12-15,17-19,21H2,1-4H3,(H,39,48)(H,40,46)(H,41,45)(H,42,47)/t23?,25-,27?,28-,29-,31+/m0/s1. The number of Topliss-reactive ketones (excluding diaryl/α,β-unsaturated/α-hetero) is 1. The molecule has 5 N–H and O–H groups in total. The maximum atomic E-state index is 14.8. The average molecular weight is 681 g/mol. The Kier molecular flexibility index (Phi) is 11.9. The summed E-state index contributed by atoms with van der Waals surface area (Å²) in [6.07, 6.45) is 12.9. The lowest BCUT2D eigenvalue weighted by molar-refractivity contribution is -0.147. The van der Waals surface area contributed by atoms with Crippen LogP contribution in [0.4, 0.5) is 0 Å². The molecule has 3 saturated carbocycles. The van der Waals surface area contributed by atoms with E-state index in [1.807, 2.05) is 27.7 Å². The Labute approximate surface area is 290 Å². The lowest BCUT2D eigenvalue weighted by Crippen LogP contribution is -2.63. The number of likely N-dealkylation sites (tertiary alicyclic amines) is 1. The van der Waals surface area contributed by atoms with Gasteiger partial charge < -0.3 is 31.2 Å². The first kappa shape index (κ1) is 36.6. The molecular weight excluding hydrogens is 624 g/mol. The SMILES string of the molecule is CCC[C@H](NC(=O)[C@@H]1CC2CCCCC2N1C(=O)[C@@H](NC(=O)[C@@H](NC(=O)c1ccc[nH]1)C1CCCCC1)C(C)(C)C)C(=O)C(=O)NC1CC1. The van der Waals surface area contributed by atoms with Gasteiger partial charge in [0.15, 0.2) is 0 Å². The molecule has 12 nitrogen and oxygen atoms in total. The first-order valence-corrected chi connectivity index (χ1v) is 18.6. The van der Waals surface area contributed by atoms with E-state index in [9.17, 15) is 28.8 Å². The number of hydrogen-bond acceptors (Lipinski definition) is 6. The minimum absolute atomic E-state index is 0.0181. The van der Waals surface area contributed by atoms with E-state index in [2.05, 4.69) is 26.3 Å². The van der Waals surface area contributed by atoms with E-state index in [0.717, 1.165) is 70.6 Å². The van der Waals surface area contributed by atoms with Crippen LogP contribution >= 0.6 is 0 Å². The Balaban J connectivity index is 1.37. The van der Waals surface area contributed by atoms with Crippen LogP contribution in [0.15, 0.2) is 18.3 Å². The smallest absolute Gasteiger partial charge is 0.289 e. The monoisotopic (exact) mass is 680 g/mol. The third-order valence-corrected chi connectivity index (χ3v) is 10.9. The van der Waals surface area contributed by atoms with Gasteiger partial charge in [0.05, 0.1) is 6.04 Å². The summed E-state index contributed by atoms with van der Waals surface area (Å²) in [6, 6.07) is -0.370. The minimum atomic E-state index is -0.978. The van der Waals surface area contributed by atoms with Gasteiger partial charge in [-0.25, -0.2) is 0 Å². The van der Waals surface area contributed by atoms with Gasteiger partial charge in [-0.1, -0.05) is 66.2 Å². The first-order valence-electron chi connectivity index (χ1n) is 18.6. The number of fused-ring (bicyclic) bond motifs is 1. The highest BCUT2D eigenvalue weighted by Gasteiger charge is 2.51. The van der Waals surface area contributed by atoms with E-state index >= 15 is 0 Å². The Morgan fingerprint density at radius 2 is 1.59 bits per heavy atom. The van der Waals surface area contributed by atoms with Crippen LogP contribution in [0.2, 0.25) is 0 Å². The predicted molar refractivity (Wildman–Crippen MR) is 184 cm³/mol. The summed E-state index contributed by atoms with van der Waals surface area (Å²) >= 11 is 0. The lowest BCUT2D eigenvalue weighted by Gasteiger charge is -2.40. The molecular formula is C37H56N6O6. The molecule has 3 aliphatic carbocycles. The molecule has 0 bridgehead atoms. The molecule has 4 aliphatic rings. The Morgan fingerprint density at radius 1 is 0.898 bits per heavy atom. The highest BCUT2D eigenvalue weighted by molar-refractivity contribution is 6.38. The second-order valence-electron chi connectivity index (χ2n) is 15.8. The molecule has 2 unspecified atom stereocenters. The second-order valence-corrected chi connectivity index (χ2v) is 15.8. The zero-order chi connectivity index (χ0) is 35.3. The molecule has 49 heavy (non-hydrogen) atoms. The van der Waals surface area contributed by atoms with Crippen LogP contribution in [-0.4, -0.2) is 81.5 Å². The Hall–Kier alpha value is -3.70. The molecule has 1 aromatic heterocycles. The van der Waals surface area contributed by atoms with Gasteiger partial charge in [-0.05, 0) is 80.8 Å². The van der Waals surface area contributed by atoms with Crippen molar-refractivity contribution in [2.24, 2.45) is 17.3 Å². The zero-order valence-corrected chi connectivity index (χ0v) is 29.6. The normalized spacial score (nSPS) is 24.6. The highest BCUT2D eigenvalue weighted by Crippen LogP contribution is 2.41. The molecule has 0 spiro atoms. The molecule has 4 fully saturated rings. The summed E-state index contributed by atoms with van der Waals surface area (Å²) in [7, 11) is 0. The number of nitrogens with zero attached hydrogens (tertiary/aromatic N) is 1. The molecule has 5 rings (SSSR count). The van der Waals surface area contributed by atoms with Gasteiger partial charge in [0, 0.05) is 18.3 Å². The summed E-state index contributed by atoms with van der Waals surface area (Å²) in [4.78, 5) is 86.6. The predicted octanol–water partition coefficient (Wildman–Crippen LogP) is 3.52. The van der Waals surface area contributed by atoms with Gasteiger partial charge >= 0.3 is 0 Å². The number of rotatable bonds is 13. The number of H-pyrrole nitrogens is 1. The topological polar surface area (TPSA) is 170 Å². The van der Waals surface area contributed by atoms with Crippen LogP contribution in [0.1, 0.15) is 128 Å². The number of carbonyl (C=O) groups excluding carboxylic acids is 6. The third kappa shape index (κ3) is 8.91. The molecule has 6 atom stereocenters. The van der Waals surface area contributed by atoms with E-state index in [4.69, 9.17) is 0 Å². The van der Waals surface area contributed by atoms with Gasteiger partial charge in [-0.3, -0.25) is 28.8 Å². The summed E-state index contributed by atoms with van der Waals surface area (Å²) in [6.45, 7) is 7.56. The number of aromatic amines is 1. The van der Waals surface area contributed by atoms with Crippen LogP contribution in [0.5, 0.6) is 0 Å². The lowest BCUT2D eigenvalue weighted by atomic mass is 9.81. The number of hydrogen-bond donors (Lipinski definition) is 5. The van der Waals surface area contributed by atoms with Crippen molar-refractivity contribution in [3.63, 3.8) is 0 Å². The van der Waals surface area contributed by atoms with Gasteiger partial charge in [0.1, 0.15) is 23.8 Å². The summed E-state index contributed by atoms with van der Waals surface area (Å²) in [5.74, 6) is -2.84. The van der Waals surface area contributed by atoms with Gasteiger partial charge in [0.2, 0.25) is 23.5 Å². The number of nitrogens with one attached hydrogen (secondary N) is 5. The van der Waals surface area contributed by atoms with Crippen molar-refractivity contribution in [3.05, 3.63) is 24.0 Å². The molecule has 2 heterocycles. The van der Waals surface area contributed by atoms with Crippen molar-refractivity contribution < 1.29 is 28.8 Å². The maximum Gasteiger partial charge on any atom is 0.289 e. The van der Waals surface area contributed by atoms with Crippen molar-refractivity contribution in [1.82, 2.24) is 31.2 Å². The van der Waals surface area contributed by atoms with Crippen LogP contribution in [0.25, 0.3) is 0 Å². The van der Waals surface area contributed by atoms with Gasteiger partial charge in [-0.2, -0.15) is 0 Å². The van der Waals surface area contributed by atoms with Crippen molar-refractivity contribution in [2.75, 3.05) is 0 Å². The van der Waals surface area contributed by atoms with Crippen molar-refractivity contribution in [2.45, 2.75) is 154 Å². The van der Waals surface area contributed by atoms with Crippen molar-refractivity contribution in [3.8, 4) is 0 Å². The van der Waals surface area contributed by atoms with Crippen molar-refractivity contribution in [1.29, 1.82) is 0 Å². The van der Waals surface area contributed by atoms with Gasteiger partial charge in [0.25, 0.3) is 11.8 Å². The highest BCUT2D eigenvalue weighted by atomic mass is 16.2. The quantitative estimate of drug-likeness (QED) is 0.200. The Bertz CT molecular complexity index is 1360. The average Bonchev–Trinajstić information content (AvgIpc) is 3.55. The van der Waals surface area contributed by atoms with E-state index in [0.29, 0.717) is 25.0 Å². The molecule has 1 aromatic rings.